The first kappa shape index (κ1) is 13.9. The monoisotopic (exact) mass is 294 g/mol. The molecule has 1 aliphatic carbocycles. The fourth-order valence-corrected chi connectivity index (χ4v) is 1.78. The Bertz CT molecular complexity index is 516. The number of nitrogens with two attached hydrogens (primary N) is 1. The molecule has 104 valence electrons. The number of alkyl halides is 3. The molecule has 5 nitrogen and oxygen atoms in total. The van der Waals surface area contributed by atoms with E-state index in [2.05, 4.69) is 10.4 Å². The molecule has 1 saturated carbocycles. The van der Waals surface area contributed by atoms with Crippen LogP contribution in [0.4, 0.5) is 19.0 Å². The maximum Gasteiger partial charge on any atom is 0.411 e. The van der Waals surface area contributed by atoms with Crippen molar-refractivity contribution in [3.05, 3.63) is 22.8 Å². The van der Waals surface area contributed by atoms with Crippen molar-refractivity contribution in [2.75, 3.05) is 5.43 Å². The van der Waals surface area contributed by atoms with E-state index in [9.17, 15) is 18.0 Å². The van der Waals surface area contributed by atoms with Crippen molar-refractivity contribution >= 4 is 23.3 Å². The Kier molecular flexibility index (Phi) is 3.31. The molecule has 0 atom stereocenters. The van der Waals surface area contributed by atoms with Crippen molar-refractivity contribution in [3.63, 3.8) is 0 Å². The van der Waals surface area contributed by atoms with E-state index in [1.54, 1.807) is 0 Å². The number of hydrogen-bond acceptors (Lipinski definition) is 4. The lowest BCUT2D eigenvalue weighted by Crippen LogP contribution is -2.47. The van der Waals surface area contributed by atoms with Gasteiger partial charge in [-0.15, -0.1) is 0 Å². The number of pyridine rings is 1. The third-order valence-corrected chi connectivity index (χ3v) is 3.17. The zero-order valence-electron chi connectivity index (χ0n) is 9.51. The Hall–Kier alpha value is -1.54. The lowest BCUT2D eigenvalue weighted by atomic mass is 10.2. The fraction of sp³-hybridized carbons (Fsp3) is 0.400. The number of amides is 1. The Balaban J connectivity index is 2.15. The molecule has 1 aromatic heterocycles. The molecule has 0 saturated heterocycles. The van der Waals surface area contributed by atoms with Crippen molar-refractivity contribution in [1.29, 1.82) is 0 Å². The number of nitrogens with one attached hydrogen (secondary N) is 2. The molecule has 0 aliphatic heterocycles. The molecule has 0 bridgehead atoms. The van der Waals surface area contributed by atoms with Gasteiger partial charge in [-0.2, -0.15) is 13.2 Å². The SMILES string of the molecule is NNc1ncc(C(=O)NC2(C(F)(F)F)CC2)cc1Cl. The largest absolute Gasteiger partial charge is 0.411 e. The van der Waals surface area contributed by atoms with Crippen LogP contribution in [0.15, 0.2) is 12.3 Å². The Labute approximate surface area is 111 Å². The summed E-state index contributed by atoms with van der Waals surface area (Å²) in [7, 11) is 0. The van der Waals surface area contributed by atoms with Gasteiger partial charge in [0.25, 0.3) is 5.91 Å². The smallest absolute Gasteiger partial charge is 0.338 e. The standard InChI is InChI=1S/C10H10ClF3N4O/c11-6-3-5(4-16-7(6)18-15)8(19)17-9(1-2-9)10(12,13)14/h3-4H,1-2,15H2,(H,16,18)(H,17,19). The number of hydrogen-bond donors (Lipinski definition) is 3. The van der Waals surface area contributed by atoms with Gasteiger partial charge in [0.05, 0.1) is 10.6 Å². The molecule has 1 heterocycles. The van der Waals surface area contributed by atoms with Gasteiger partial charge in [0.1, 0.15) is 5.54 Å². The molecule has 1 fully saturated rings. The molecular weight excluding hydrogens is 285 g/mol. The number of carbonyl (C=O) groups excluding carboxylic acids is 1. The minimum atomic E-state index is -4.46. The fourth-order valence-electron chi connectivity index (χ4n) is 1.56. The number of nitrogen functional groups attached to an aromatic ring is 1. The highest BCUT2D eigenvalue weighted by Crippen LogP contribution is 2.49. The molecule has 0 aromatic carbocycles. The van der Waals surface area contributed by atoms with Crippen LogP contribution in [0.2, 0.25) is 5.02 Å². The molecule has 1 aliphatic rings. The summed E-state index contributed by atoms with van der Waals surface area (Å²) in [6.07, 6.45) is -3.60. The van der Waals surface area contributed by atoms with Gasteiger partial charge in [-0.1, -0.05) is 11.6 Å². The van der Waals surface area contributed by atoms with Gasteiger partial charge >= 0.3 is 6.18 Å². The van der Waals surface area contributed by atoms with Gasteiger partial charge in [0.15, 0.2) is 5.82 Å². The minimum absolute atomic E-state index is 0.0482. The number of anilines is 1. The quantitative estimate of drug-likeness (QED) is 0.587. The number of carbonyl (C=O) groups is 1. The van der Waals surface area contributed by atoms with E-state index >= 15 is 0 Å². The van der Waals surface area contributed by atoms with Crippen molar-refractivity contribution in [2.45, 2.75) is 24.6 Å². The third-order valence-electron chi connectivity index (χ3n) is 2.89. The molecule has 1 amide bonds. The summed E-state index contributed by atoms with van der Waals surface area (Å²) < 4.78 is 38.1. The number of hydrazine groups is 1. The zero-order valence-corrected chi connectivity index (χ0v) is 10.3. The van der Waals surface area contributed by atoms with E-state index in [0.29, 0.717) is 0 Å². The van der Waals surface area contributed by atoms with Crippen LogP contribution in [-0.2, 0) is 0 Å². The van der Waals surface area contributed by atoms with Crippen molar-refractivity contribution in [1.82, 2.24) is 10.3 Å². The first-order valence-corrected chi connectivity index (χ1v) is 5.68. The summed E-state index contributed by atoms with van der Waals surface area (Å²) in [5, 5.41) is 2.02. The lowest BCUT2D eigenvalue weighted by Gasteiger charge is -2.20. The number of rotatable bonds is 3. The highest BCUT2D eigenvalue weighted by molar-refractivity contribution is 6.33. The normalized spacial score (nSPS) is 16.9. The first-order valence-electron chi connectivity index (χ1n) is 5.30. The second-order valence-corrected chi connectivity index (χ2v) is 4.64. The topological polar surface area (TPSA) is 80.0 Å². The van der Waals surface area contributed by atoms with Gasteiger partial charge in [0.2, 0.25) is 0 Å². The molecule has 0 radical (unpaired) electrons. The predicted molar refractivity (Wildman–Crippen MR) is 62.5 cm³/mol. The molecule has 2 rings (SSSR count). The maximum absolute atomic E-state index is 12.7. The summed E-state index contributed by atoms with van der Waals surface area (Å²) in [4.78, 5) is 15.5. The minimum Gasteiger partial charge on any atom is -0.338 e. The highest BCUT2D eigenvalue weighted by atomic mass is 35.5. The summed E-state index contributed by atoms with van der Waals surface area (Å²) in [5.74, 6) is 4.37. The van der Waals surface area contributed by atoms with Gasteiger partial charge < -0.3 is 10.7 Å². The number of nitrogens with zero attached hydrogens (tertiary/aromatic N) is 1. The van der Waals surface area contributed by atoms with Crippen LogP contribution in [0, 0.1) is 0 Å². The van der Waals surface area contributed by atoms with Crippen molar-refractivity contribution < 1.29 is 18.0 Å². The van der Waals surface area contributed by atoms with Crippen LogP contribution in [-0.4, -0.2) is 22.6 Å². The van der Waals surface area contributed by atoms with Gasteiger partial charge in [-0.25, -0.2) is 10.8 Å². The van der Waals surface area contributed by atoms with Crippen LogP contribution in [0.5, 0.6) is 0 Å². The predicted octanol–water partition coefficient (Wildman–Crippen LogP) is 1.85. The van der Waals surface area contributed by atoms with Crippen LogP contribution >= 0.6 is 11.6 Å². The van der Waals surface area contributed by atoms with Gasteiger partial charge in [-0.3, -0.25) is 4.79 Å². The Morgan fingerprint density at radius 3 is 2.53 bits per heavy atom. The van der Waals surface area contributed by atoms with E-state index in [-0.39, 0.29) is 29.2 Å². The summed E-state index contributed by atoms with van der Waals surface area (Å²) in [5.41, 5.74) is 0.0257. The molecule has 0 unspecified atom stereocenters. The zero-order chi connectivity index (χ0) is 14.3. The molecule has 1 aromatic rings. The van der Waals surface area contributed by atoms with E-state index in [1.165, 1.54) is 6.07 Å². The number of aromatic nitrogens is 1. The van der Waals surface area contributed by atoms with E-state index < -0.39 is 17.6 Å². The van der Waals surface area contributed by atoms with Gasteiger partial charge in [-0.05, 0) is 18.9 Å². The van der Waals surface area contributed by atoms with Crippen molar-refractivity contribution in [3.8, 4) is 0 Å². The lowest BCUT2D eigenvalue weighted by molar-refractivity contribution is -0.163. The second-order valence-electron chi connectivity index (χ2n) is 4.23. The molecule has 9 heteroatoms. The maximum atomic E-state index is 12.7. The van der Waals surface area contributed by atoms with Crippen LogP contribution in [0.3, 0.4) is 0 Å². The Morgan fingerprint density at radius 2 is 2.11 bits per heavy atom. The second kappa shape index (κ2) is 4.53. The number of halogens is 4. The molecule has 19 heavy (non-hydrogen) atoms. The van der Waals surface area contributed by atoms with E-state index in [1.807, 2.05) is 5.32 Å². The molecule has 0 spiro atoms. The van der Waals surface area contributed by atoms with Gasteiger partial charge in [0, 0.05) is 6.20 Å². The van der Waals surface area contributed by atoms with Crippen molar-refractivity contribution in [2.24, 2.45) is 5.84 Å². The summed E-state index contributed by atoms with van der Waals surface area (Å²) in [6, 6.07) is 1.20. The average Bonchev–Trinajstić information content (AvgIpc) is 3.09. The molecular formula is C10H10ClF3N4O. The van der Waals surface area contributed by atoms with Crippen LogP contribution in [0.25, 0.3) is 0 Å². The Morgan fingerprint density at radius 1 is 1.47 bits per heavy atom. The van der Waals surface area contributed by atoms with E-state index in [0.717, 1.165) is 6.20 Å². The highest BCUT2D eigenvalue weighted by Gasteiger charge is 2.64. The first-order chi connectivity index (χ1) is 8.79. The van der Waals surface area contributed by atoms with E-state index in [4.69, 9.17) is 17.4 Å². The summed E-state index contributed by atoms with van der Waals surface area (Å²) in [6.45, 7) is 0. The third kappa shape index (κ3) is 2.59. The van der Waals surface area contributed by atoms with Crippen LogP contribution in [0.1, 0.15) is 23.2 Å². The summed E-state index contributed by atoms with van der Waals surface area (Å²) >= 11 is 5.74. The molecule has 4 N–H and O–H groups in total. The van der Waals surface area contributed by atoms with Crippen LogP contribution < -0.4 is 16.6 Å². The average molecular weight is 295 g/mol.